The minimum Gasteiger partial charge on any atom is -0.377 e. The summed E-state index contributed by atoms with van der Waals surface area (Å²) >= 11 is 5.42. The maximum absolute atomic E-state index is 11.1. The van der Waals surface area contributed by atoms with Gasteiger partial charge in [0, 0.05) is 17.9 Å². The molecule has 1 rings (SSSR count). The molecule has 4 heteroatoms. The van der Waals surface area contributed by atoms with E-state index in [1.54, 1.807) is 0 Å². The molecule has 0 fully saturated rings. The van der Waals surface area contributed by atoms with Gasteiger partial charge in [-0.15, -0.1) is 11.6 Å². The van der Waals surface area contributed by atoms with E-state index in [1.807, 2.05) is 31.2 Å². The number of carbonyl (C=O) groups excluding carboxylic acids is 1. The topological polar surface area (TPSA) is 38.3 Å². The maximum Gasteiger partial charge on any atom is 0.239 e. The van der Waals surface area contributed by atoms with Crippen LogP contribution in [0.5, 0.6) is 0 Å². The van der Waals surface area contributed by atoms with Gasteiger partial charge in [-0.3, -0.25) is 4.79 Å². The van der Waals surface area contributed by atoms with Crippen molar-refractivity contribution in [3.8, 4) is 0 Å². The van der Waals surface area contributed by atoms with Gasteiger partial charge in [0.25, 0.3) is 0 Å². The number of amides is 1. The zero-order valence-electron chi connectivity index (χ0n) is 8.63. The number of anilines is 1. The van der Waals surface area contributed by atoms with E-state index in [1.165, 1.54) is 0 Å². The summed E-state index contributed by atoms with van der Waals surface area (Å²) in [6, 6.07) is 7.52. The zero-order chi connectivity index (χ0) is 11.1. The van der Waals surface area contributed by atoms with Crippen molar-refractivity contribution in [1.82, 2.24) is 0 Å². The fourth-order valence-corrected chi connectivity index (χ4v) is 1.23. The number of ether oxygens (including phenoxy) is 1. The molecule has 0 atom stereocenters. The van der Waals surface area contributed by atoms with Gasteiger partial charge in [-0.2, -0.15) is 0 Å². The lowest BCUT2D eigenvalue weighted by atomic mass is 10.2. The van der Waals surface area contributed by atoms with E-state index in [-0.39, 0.29) is 11.8 Å². The fraction of sp³-hybridized carbons (Fsp3) is 0.364. The van der Waals surface area contributed by atoms with Gasteiger partial charge in [-0.25, -0.2) is 0 Å². The molecule has 0 aliphatic carbocycles. The second-order valence-electron chi connectivity index (χ2n) is 2.98. The first-order valence-corrected chi connectivity index (χ1v) is 5.32. The number of alkyl halides is 1. The highest BCUT2D eigenvalue weighted by atomic mass is 35.5. The Balaban J connectivity index is 2.72. The molecule has 0 aromatic heterocycles. The molecule has 0 radical (unpaired) electrons. The number of halogens is 1. The van der Waals surface area contributed by atoms with Crippen LogP contribution in [0.3, 0.4) is 0 Å². The Morgan fingerprint density at radius 1 is 1.47 bits per heavy atom. The summed E-state index contributed by atoms with van der Waals surface area (Å²) in [6.07, 6.45) is 0. The summed E-state index contributed by atoms with van der Waals surface area (Å²) in [5.41, 5.74) is 1.72. The van der Waals surface area contributed by atoms with Crippen molar-refractivity contribution in [2.24, 2.45) is 0 Å². The van der Waals surface area contributed by atoms with Crippen molar-refractivity contribution in [1.29, 1.82) is 0 Å². The highest BCUT2D eigenvalue weighted by molar-refractivity contribution is 6.29. The van der Waals surface area contributed by atoms with Gasteiger partial charge in [0.1, 0.15) is 5.88 Å². The third-order valence-corrected chi connectivity index (χ3v) is 2.12. The van der Waals surface area contributed by atoms with E-state index in [2.05, 4.69) is 5.32 Å². The van der Waals surface area contributed by atoms with Crippen LogP contribution in [0.2, 0.25) is 0 Å². The van der Waals surface area contributed by atoms with Crippen molar-refractivity contribution < 1.29 is 9.53 Å². The standard InChI is InChI=1S/C11H14ClNO2/c1-2-15-8-9-5-3-4-6-10(9)13-11(14)7-12/h3-6H,2,7-8H2,1H3,(H,13,14). The minimum absolute atomic E-state index is 0.0387. The van der Waals surface area contributed by atoms with Crippen molar-refractivity contribution in [3.05, 3.63) is 29.8 Å². The van der Waals surface area contributed by atoms with Gasteiger partial charge >= 0.3 is 0 Å². The van der Waals surface area contributed by atoms with Gasteiger partial charge in [0.15, 0.2) is 0 Å². The van der Waals surface area contributed by atoms with Crippen molar-refractivity contribution in [3.63, 3.8) is 0 Å². The number of para-hydroxylation sites is 1. The van der Waals surface area contributed by atoms with Crippen LogP contribution in [0, 0.1) is 0 Å². The Kier molecular flexibility index (Phi) is 5.15. The number of carbonyl (C=O) groups is 1. The van der Waals surface area contributed by atoms with E-state index in [0.29, 0.717) is 13.2 Å². The van der Waals surface area contributed by atoms with Crippen LogP contribution in [-0.4, -0.2) is 18.4 Å². The maximum atomic E-state index is 11.1. The number of rotatable bonds is 5. The van der Waals surface area contributed by atoms with E-state index < -0.39 is 0 Å². The molecule has 0 saturated heterocycles. The Bertz CT molecular complexity index is 328. The lowest BCUT2D eigenvalue weighted by Gasteiger charge is -2.09. The van der Waals surface area contributed by atoms with Crippen molar-refractivity contribution in [2.75, 3.05) is 17.8 Å². The summed E-state index contributed by atoms with van der Waals surface area (Å²) < 4.78 is 5.29. The molecular weight excluding hydrogens is 214 g/mol. The van der Waals surface area contributed by atoms with Gasteiger partial charge < -0.3 is 10.1 Å². The highest BCUT2D eigenvalue weighted by Gasteiger charge is 2.04. The Hall–Kier alpha value is -1.06. The summed E-state index contributed by atoms with van der Waals surface area (Å²) in [5.74, 6) is -0.246. The molecule has 1 aromatic carbocycles. The Labute approximate surface area is 94.4 Å². The average Bonchev–Trinajstić information content (AvgIpc) is 2.28. The van der Waals surface area contributed by atoms with Crippen LogP contribution in [0.1, 0.15) is 12.5 Å². The van der Waals surface area contributed by atoms with Gasteiger partial charge in [0.05, 0.1) is 6.61 Å². The molecule has 1 amide bonds. The minimum atomic E-state index is -0.208. The molecule has 0 bridgehead atoms. The largest absolute Gasteiger partial charge is 0.377 e. The third kappa shape index (κ3) is 3.90. The Morgan fingerprint density at radius 2 is 2.20 bits per heavy atom. The molecule has 0 aliphatic heterocycles. The normalized spacial score (nSPS) is 10.0. The second kappa shape index (κ2) is 6.43. The first kappa shape index (κ1) is 12.0. The number of nitrogens with one attached hydrogen (secondary N) is 1. The van der Waals surface area contributed by atoms with Crippen LogP contribution in [0.25, 0.3) is 0 Å². The SMILES string of the molecule is CCOCc1ccccc1NC(=O)CCl. The van der Waals surface area contributed by atoms with Crippen LogP contribution in [0.4, 0.5) is 5.69 Å². The molecule has 0 saturated carbocycles. The highest BCUT2D eigenvalue weighted by Crippen LogP contribution is 2.15. The second-order valence-corrected chi connectivity index (χ2v) is 3.24. The summed E-state index contributed by atoms with van der Waals surface area (Å²) in [6.45, 7) is 3.08. The summed E-state index contributed by atoms with van der Waals surface area (Å²) in [7, 11) is 0. The van der Waals surface area contributed by atoms with Crippen LogP contribution < -0.4 is 5.32 Å². The van der Waals surface area contributed by atoms with Gasteiger partial charge in [0.2, 0.25) is 5.91 Å². The van der Waals surface area contributed by atoms with Gasteiger partial charge in [-0.05, 0) is 13.0 Å². The molecule has 1 aromatic rings. The van der Waals surface area contributed by atoms with E-state index in [9.17, 15) is 4.79 Å². The molecule has 15 heavy (non-hydrogen) atoms. The zero-order valence-corrected chi connectivity index (χ0v) is 9.38. The fourth-order valence-electron chi connectivity index (χ4n) is 1.16. The molecule has 0 aliphatic rings. The quantitative estimate of drug-likeness (QED) is 0.785. The molecule has 82 valence electrons. The lowest BCUT2D eigenvalue weighted by Crippen LogP contribution is -2.14. The smallest absolute Gasteiger partial charge is 0.239 e. The summed E-state index contributed by atoms with van der Waals surface area (Å²) in [5, 5.41) is 2.72. The molecule has 3 nitrogen and oxygen atoms in total. The summed E-state index contributed by atoms with van der Waals surface area (Å²) in [4.78, 5) is 11.1. The molecule has 0 unspecified atom stereocenters. The van der Waals surface area contributed by atoms with Crippen molar-refractivity contribution in [2.45, 2.75) is 13.5 Å². The molecule has 0 spiro atoms. The first-order chi connectivity index (χ1) is 7.27. The molecule has 1 N–H and O–H groups in total. The van der Waals surface area contributed by atoms with E-state index in [4.69, 9.17) is 16.3 Å². The number of hydrogen-bond donors (Lipinski definition) is 1. The molecule has 0 heterocycles. The van der Waals surface area contributed by atoms with Crippen LogP contribution >= 0.6 is 11.6 Å². The average molecular weight is 228 g/mol. The van der Waals surface area contributed by atoms with E-state index >= 15 is 0 Å². The third-order valence-electron chi connectivity index (χ3n) is 1.87. The predicted molar refractivity (Wildman–Crippen MR) is 61.1 cm³/mol. The number of benzene rings is 1. The predicted octanol–water partition coefficient (Wildman–Crippen LogP) is 2.40. The monoisotopic (exact) mass is 227 g/mol. The van der Waals surface area contributed by atoms with Crippen molar-refractivity contribution >= 4 is 23.2 Å². The van der Waals surface area contributed by atoms with Crippen LogP contribution in [-0.2, 0) is 16.1 Å². The van der Waals surface area contributed by atoms with Crippen LogP contribution in [0.15, 0.2) is 24.3 Å². The lowest BCUT2D eigenvalue weighted by molar-refractivity contribution is -0.113. The van der Waals surface area contributed by atoms with Gasteiger partial charge in [-0.1, -0.05) is 18.2 Å². The van der Waals surface area contributed by atoms with E-state index in [0.717, 1.165) is 11.3 Å². The Morgan fingerprint density at radius 3 is 2.87 bits per heavy atom. The first-order valence-electron chi connectivity index (χ1n) is 4.79. The molecular formula is C11H14ClNO2. The number of hydrogen-bond acceptors (Lipinski definition) is 2.